The number of aromatic nitrogens is 2. The Morgan fingerprint density at radius 2 is 1.72 bits per heavy atom. The highest BCUT2D eigenvalue weighted by Gasteiger charge is 2.40. The lowest BCUT2D eigenvalue weighted by Gasteiger charge is -2.37. The van der Waals surface area contributed by atoms with Crippen molar-refractivity contribution in [2.45, 2.75) is 51.0 Å². The van der Waals surface area contributed by atoms with Gasteiger partial charge in [0.1, 0.15) is 5.75 Å². The van der Waals surface area contributed by atoms with Gasteiger partial charge in [0.2, 0.25) is 11.8 Å². The van der Waals surface area contributed by atoms with Crippen molar-refractivity contribution < 1.29 is 38.2 Å². The quantitative estimate of drug-likeness (QED) is 0.187. The van der Waals surface area contributed by atoms with E-state index in [1.54, 1.807) is 18.1 Å². The first-order valence-corrected chi connectivity index (χ1v) is 18.0. The van der Waals surface area contributed by atoms with Crippen molar-refractivity contribution in [3.8, 4) is 5.75 Å². The number of benzene rings is 2. The van der Waals surface area contributed by atoms with Crippen molar-refractivity contribution in [1.82, 2.24) is 25.5 Å². The predicted molar refractivity (Wildman–Crippen MR) is 195 cm³/mol. The molecule has 4 aliphatic rings. The summed E-state index contributed by atoms with van der Waals surface area (Å²) in [5.74, 6) is -3.06. The number of hydrogen-bond acceptors (Lipinski definition) is 13. The Hall–Kier alpha value is -6.10. The van der Waals surface area contributed by atoms with Gasteiger partial charge < -0.3 is 35.6 Å². The lowest BCUT2D eigenvalue weighted by atomic mass is 9.82. The smallest absolute Gasteiger partial charge is 0.271 e. The largest absolute Gasteiger partial charge is 0.495 e. The third kappa shape index (κ3) is 7.01. The van der Waals surface area contributed by atoms with E-state index in [4.69, 9.17) is 20.2 Å². The zero-order valence-corrected chi connectivity index (χ0v) is 30.0. The number of piperidine rings is 1. The number of fused-ring (bicyclic) bond motifs is 1. The number of amides is 6. The van der Waals surface area contributed by atoms with Crippen LogP contribution in [0.5, 0.6) is 5.75 Å². The van der Waals surface area contributed by atoms with Gasteiger partial charge in [0.15, 0.2) is 17.3 Å². The highest BCUT2D eigenvalue weighted by Crippen LogP contribution is 2.37. The number of carbonyl (C=O) groups excluding carboxylic acids is 6. The number of rotatable bonds is 10. The molecule has 4 aliphatic heterocycles. The monoisotopic (exact) mass is 739 g/mol. The van der Waals surface area contributed by atoms with Crippen LogP contribution in [0.15, 0.2) is 30.3 Å². The molecule has 6 amide bonds. The molecule has 282 valence electrons. The topological polar surface area (TPSA) is 227 Å². The molecular formula is C37H41N9O8. The summed E-state index contributed by atoms with van der Waals surface area (Å²) in [7, 11) is 1.55. The van der Waals surface area contributed by atoms with Crippen LogP contribution in [0.25, 0.3) is 0 Å². The van der Waals surface area contributed by atoms with E-state index in [9.17, 15) is 28.8 Å². The van der Waals surface area contributed by atoms with Crippen molar-refractivity contribution in [2.75, 3.05) is 62.0 Å². The van der Waals surface area contributed by atoms with Crippen LogP contribution in [-0.4, -0.2) is 103 Å². The van der Waals surface area contributed by atoms with E-state index in [1.807, 2.05) is 19.1 Å². The molecule has 3 saturated heterocycles. The summed E-state index contributed by atoms with van der Waals surface area (Å²) in [6.45, 7) is 4.72. The molecule has 0 spiro atoms. The second-order valence-corrected chi connectivity index (χ2v) is 13.5. The van der Waals surface area contributed by atoms with Crippen LogP contribution in [-0.2, 0) is 20.7 Å². The molecule has 0 aliphatic carbocycles. The average molecular weight is 740 g/mol. The van der Waals surface area contributed by atoms with Gasteiger partial charge in [-0.15, -0.1) is 0 Å². The van der Waals surface area contributed by atoms with E-state index >= 15 is 0 Å². The normalized spacial score (nSPS) is 18.9. The Balaban J connectivity index is 1.09. The summed E-state index contributed by atoms with van der Waals surface area (Å²) < 4.78 is 11.3. The Labute approximate surface area is 310 Å². The highest BCUT2D eigenvalue weighted by molar-refractivity contribution is 6.24. The number of carbonyl (C=O) groups is 6. The fourth-order valence-corrected chi connectivity index (χ4v) is 7.40. The lowest BCUT2D eigenvalue weighted by Crippen LogP contribution is -2.49. The first kappa shape index (κ1) is 36.3. The van der Waals surface area contributed by atoms with Crippen LogP contribution in [0.1, 0.15) is 91.3 Å². The van der Waals surface area contributed by atoms with Crippen molar-refractivity contribution in [1.29, 1.82) is 0 Å². The third-order valence-electron chi connectivity index (χ3n) is 10.2. The van der Waals surface area contributed by atoms with E-state index in [0.717, 1.165) is 18.5 Å². The van der Waals surface area contributed by atoms with Gasteiger partial charge in [0, 0.05) is 69.2 Å². The molecule has 6 N–H and O–H groups in total. The van der Waals surface area contributed by atoms with Crippen LogP contribution in [0.2, 0.25) is 0 Å². The summed E-state index contributed by atoms with van der Waals surface area (Å²) in [5.41, 5.74) is 8.14. The van der Waals surface area contributed by atoms with Gasteiger partial charge in [-0.05, 0) is 55.5 Å². The molecule has 3 aromatic rings. The molecule has 54 heavy (non-hydrogen) atoms. The SMILES string of the molecule is CCc1nc(C(N)=O)c(Nc2ccc(N3CCN(C(=O)c4ccc5c(c4C4CCC(=O)NC4=O)C(=O)NC5=O)CC3)c(OC)c2)nc1NC1CCOCC1. The Bertz CT molecular complexity index is 2060. The van der Waals surface area contributed by atoms with Crippen LogP contribution in [0.4, 0.5) is 23.0 Å². The van der Waals surface area contributed by atoms with Crippen LogP contribution >= 0.6 is 0 Å². The van der Waals surface area contributed by atoms with Crippen LogP contribution in [0, 0.1) is 0 Å². The molecule has 0 bridgehead atoms. The summed E-state index contributed by atoms with van der Waals surface area (Å²) in [6.07, 6.45) is 2.34. The van der Waals surface area contributed by atoms with Crippen molar-refractivity contribution in [2.24, 2.45) is 5.73 Å². The fraction of sp³-hybridized carbons (Fsp3) is 0.405. The lowest BCUT2D eigenvalue weighted by molar-refractivity contribution is -0.134. The molecular weight excluding hydrogens is 698 g/mol. The molecule has 17 nitrogen and oxygen atoms in total. The first-order chi connectivity index (χ1) is 26.1. The maximum atomic E-state index is 14.1. The molecule has 1 atom stereocenters. The van der Waals surface area contributed by atoms with Gasteiger partial charge in [-0.1, -0.05) is 6.92 Å². The third-order valence-corrected chi connectivity index (χ3v) is 10.2. The molecule has 3 fully saturated rings. The zero-order chi connectivity index (χ0) is 38.1. The molecule has 1 unspecified atom stereocenters. The minimum absolute atomic E-state index is 0.000492. The number of imide groups is 2. The second-order valence-electron chi connectivity index (χ2n) is 13.5. The summed E-state index contributed by atoms with van der Waals surface area (Å²) in [4.78, 5) is 89.8. The first-order valence-electron chi connectivity index (χ1n) is 18.0. The van der Waals surface area contributed by atoms with E-state index in [2.05, 4.69) is 31.2 Å². The van der Waals surface area contributed by atoms with Gasteiger partial charge in [0.05, 0.1) is 35.5 Å². The Morgan fingerprint density at radius 3 is 2.41 bits per heavy atom. The number of hydrogen-bond donors (Lipinski definition) is 5. The van der Waals surface area contributed by atoms with Crippen LogP contribution < -0.4 is 36.6 Å². The summed E-state index contributed by atoms with van der Waals surface area (Å²) in [5, 5.41) is 11.2. The Morgan fingerprint density at radius 1 is 0.963 bits per heavy atom. The van der Waals surface area contributed by atoms with Crippen molar-refractivity contribution in [3.05, 3.63) is 64.0 Å². The fourth-order valence-electron chi connectivity index (χ4n) is 7.40. The highest BCUT2D eigenvalue weighted by atomic mass is 16.5. The summed E-state index contributed by atoms with van der Waals surface area (Å²) in [6, 6.07) is 8.54. The number of aryl methyl sites for hydroxylation is 1. The maximum Gasteiger partial charge on any atom is 0.271 e. The standard InChI is InChI=1S/C37H41N9O8/c1-3-24-32(39-19-10-16-54-17-11-19)43-33(30(41-24)31(38)48)40-20-4-8-25(26(18-20)53-2)45-12-14-46(15-13-45)37(52)23-6-5-22-29(36(51)44-35(22)50)28(23)21-7-9-27(47)42-34(21)49/h4-6,8,18-19,21H,3,7,9-17H2,1-2H3,(H2,38,48)(H2,39,40,43)(H,42,47,49)(H,44,50,51). The number of primary amides is 1. The Kier molecular flexibility index (Phi) is 10.1. The number of nitrogens with zero attached hydrogens (tertiary/aromatic N) is 4. The van der Waals surface area contributed by atoms with E-state index in [-0.39, 0.29) is 58.6 Å². The number of nitrogens with two attached hydrogens (primary N) is 1. The minimum Gasteiger partial charge on any atom is -0.495 e. The van der Waals surface area contributed by atoms with Gasteiger partial charge in [0.25, 0.3) is 23.6 Å². The van der Waals surface area contributed by atoms with Gasteiger partial charge >= 0.3 is 0 Å². The number of methoxy groups -OCH3 is 1. The van der Waals surface area contributed by atoms with Crippen molar-refractivity contribution in [3.63, 3.8) is 0 Å². The molecule has 17 heteroatoms. The average Bonchev–Trinajstić information content (AvgIpc) is 3.47. The number of ether oxygens (including phenoxy) is 2. The number of piperazine rings is 1. The van der Waals surface area contributed by atoms with Crippen LogP contribution in [0.3, 0.4) is 0 Å². The number of nitrogens with one attached hydrogen (secondary N) is 4. The van der Waals surface area contributed by atoms with E-state index in [0.29, 0.717) is 68.8 Å². The molecule has 1 aromatic heterocycles. The molecule has 7 rings (SSSR count). The van der Waals surface area contributed by atoms with E-state index < -0.39 is 35.5 Å². The molecule has 0 radical (unpaired) electrons. The van der Waals surface area contributed by atoms with Crippen molar-refractivity contribution >= 4 is 58.5 Å². The predicted octanol–water partition coefficient (Wildman–Crippen LogP) is 1.85. The van der Waals surface area contributed by atoms with Gasteiger partial charge in [-0.3, -0.25) is 39.4 Å². The molecule has 0 saturated carbocycles. The molecule has 2 aromatic carbocycles. The minimum atomic E-state index is -0.949. The van der Waals surface area contributed by atoms with E-state index in [1.165, 1.54) is 12.1 Å². The molecule has 5 heterocycles. The zero-order valence-electron chi connectivity index (χ0n) is 30.0. The van der Waals surface area contributed by atoms with Gasteiger partial charge in [-0.2, -0.15) is 0 Å². The maximum absolute atomic E-state index is 14.1. The summed E-state index contributed by atoms with van der Waals surface area (Å²) >= 11 is 0. The number of anilines is 4. The second kappa shape index (κ2) is 15.1. The van der Waals surface area contributed by atoms with Gasteiger partial charge in [-0.25, -0.2) is 9.97 Å².